The lowest BCUT2D eigenvalue weighted by Crippen LogP contribution is -2.78. The van der Waals surface area contributed by atoms with Crippen molar-refractivity contribution in [2.75, 3.05) is 13.1 Å². The van der Waals surface area contributed by atoms with E-state index in [0.29, 0.717) is 5.56 Å². The van der Waals surface area contributed by atoms with Crippen LogP contribution in [0, 0.1) is 13.8 Å². The lowest BCUT2D eigenvalue weighted by molar-refractivity contribution is -0.230. The van der Waals surface area contributed by atoms with Gasteiger partial charge in [-0.25, -0.2) is 9.98 Å². The molecule has 3 aliphatic rings. The van der Waals surface area contributed by atoms with Gasteiger partial charge in [0.05, 0.1) is 6.04 Å². The Morgan fingerprint density at radius 3 is 2.65 bits per heavy atom. The SMILES string of the molecule is Cc1cccc(C(=O)NC2CN3C(N)=N[C@@H](CNC(=O)c4ccccn4)[C@@H]4N=C(N)N[C@@]43C2(O)O)c1C. The molecule has 13 nitrogen and oxygen atoms in total. The molecule has 194 valence electrons. The van der Waals surface area contributed by atoms with Crippen molar-refractivity contribution in [3.05, 3.63) is 65.0 Å². The summed E-state index contributed by atoms with van der Waals surface area (Å²) in [6.45, 7) is 3.62. The van der Waals surface area contributed by atoms with Crippen LogP contribution >= 0.6 is 0 Å². The second-order valence-corrected chi connectivity index (χ2v) is 9.44. The van der Waals surface area contributed by atoms with Gasteiger partial charge in [-0.15, -0.1) is 0 Å². The van der Waals surface area contributed by atoms with Crippen molar-refractivity contribution in [2.45, 2.75) is 43.4 Å². The van der Waals surface area contributed by atoms with Crippen molar-refractivity contribution < 1.29 is 19.8 Å². The van der Waals surface area contributed by atoms with Gasteiger partial charge in [-0.2, -0.15) is 0 Å². The number of aromatic nitrogens is 1. The quantitative estimate of drug-likeness (QED) is 0.221. The van der Waals surface area contributed by atoms with Crippen molar-refractivity contribution in [3.8, 4) is 0 Å². The number of pyridine rings is 1. The van der Waals surface area contributed by atoms with E-state index in [1.165, 1.54) is 11.1 Å². The van der Waals surface area contributed by atoms with E-state index >= 15 is 0 Å². The zero-order valence-corrected chi connectivity index (χ0v) is 20.3. The summed E-state index contributed by atoms with van der Waals surface area (Å²) in [6.07, 6.45) is 1.50. The van der Waals surface area contributed by atoms with E-state index in [-0.39, 0.29) is 30.7 Å². The number of guanidine groups is 2. The molecule has 4 heterocycles. The van der Waals surface area contributed by atoms with Crippen LogP contribution in [-0.2, 0) is 0 Å². The third-order valence-electron chi connectivity index (χ3n) is 7.33. The van der Waals surface area contributed by atoms with Crippen LogP contribution in [0.5, 0.6) is 0 Å². The minimum atomic E-state index is -2.57. The fraction of sp³-hybridized carbons (Fsp3) is 0.375. The molecule has 0 radical (unpaired) electrons. The molecule has 0 aliphatic carbocycles. The van der Waals surface area contributed by atoms with E-state index in [1.54, 1.807) is 30.3 Å². The van der Waals surface area contributed by atoms with Crippen LogP contribution in [0.1, 0.15) is 32.0 Å². The fourth-order valence-electron chi connectivity index (χ4n) is 5.27. The number of aryl methyl sites for hydroxylation is 1. The van der Waals surface area contributed by atoms with Crippen LogP contribution < -0.4 is 27.4 Å². The monoisotopic (exact) mass is 507 g/mol. The highest BCUT2D eigenvalue weighted by atomic mass is 16.5. The summed E-state index contributed by atoms with van der Waals surface area (Å²) in [5, 5.41) is 31.4. The van der Waals surface area contributed by atoms with Crippen molar-refractivity contribution in [3.63, 3.8) is 0 Å². The summed E-state index contributed by atoms with van der Waals surface area (Å²) >= 11 is 0. The van der Waals surface area contributed by atoms with Crippen LogP contribution in [0.4, 0.5) is 0 Å². The zero-order chi connectivity index (χ0) is 26.5. The minimum absolute atomic E-state index is 0.0123. The molecule has 1 spiro atoms. The third kappa shape index (κ3) is 3.74. The van der Waals surface area contributed by atoms with Crippen LogP contribution in [0.15, 0.2) is 52.6 Å². The topological polar surface area (TPSA) is 204 Å². The van der Waals surface area contributed by atoms with Crippen LogP contribution in [0.2, 0.25) is 0 Å². The summed E-state index contributed by atoms with van der Waals surface area (Å²) in [6, 6.07) is 7.36. The normalized spacial score (nSPS) is 27.4. The maximum Gasteiger partial charge on any atom is 0.269 e. The number of amides is 2. The predicted octanol–water partition coefficient (Wildman–Crippen LogP) is -2.10. The van der Waals surface area contributed by atoms with Crippen molar-refractivity contribution in [1.82, 2.24) is 25.8 Å². The lowest BCUT2D eigenvalue weighted by Gasteiger charge is -2.49. The Balaban J connectivity index is 1.41. The molecule has 1 aromatic heterocycles. The zero-order valence-electron chi connectivity index (χ0n) is 20.3. The Labute approximate surface area is 212 Å². The van der Waals surface area contributed by atoms with Gasteiger partial charge in [0.1, 0.15) is 17.8 Å². The van der Waals surface area contributed by atoms with Gasteiger partial charge in [-0.05, 0) is 43.2 Å². The first-order chi connectivity index (χ1) is 17.6. The number of carbonyl (C=O) groups excluding carboxylic acids is 2. The van der Waals surface area contributed by atoms with Crippen LogP contribution in [-0.4, -0.2) is 86.5 Å². The molecule has 1 saturated heterocycles. The number of rotatable bonds is 5. The molecular formula is C24H29N9O4. The molecule has 13 heteroatoms. The second kappa shape index (κ2) is 8.71. The Kier molecular flexibility index (Phi) is 5.76. The number of hydrogen-bond donors (Lipinski definition) is 7. The van der Waals surface area contributed by atoms with Crippen LogP contribution in [0.25, 0.3) is 0 Å². The van der Waals surface area contributed by atoms with Gasteiger partial charge >= 0.3 is 0 Å². The van der Waals surface area contributed by atoms with Gasteiger partial charge in [0.15, 0.2) is 17.6 Å². The first kappa shape index (κ1) is 24.5. The highest BCUT2D eigenvalue weighted by Gasteiger charge is 2.73. The molecule has 3 aliphatic heterocycles. The number of nitrogens with zero attached hydrogens (tertiary/aromatic N) is 4. The van der Waals surface area contributed by atoms with E-state index in [1.807, 2.05) is 19.9 Å². The number of benzene rings is 1. The van der Waals surface area contributed by atoms with Gasteiger partial charge in [-0.1, -0.05) is 18.2 Å². The molecule has 4 atom stereocenters. The number of hydrogen-bond acceptors (Lipinski definition) is 11. The average Bonchev–Trinajstić information content (AvgIpc) is 3.34. The summed E-state index contributed by atoms with van der Waals surface area (Å²) in [5.74, 6) is -3.53. The molecule has 0 saturated carbocycles. The van der Waals surface area contributed by atoms with Crippen LogP contribution in [0.3, 0.4) is 0 Å². The Bertz CT molecular complexity index is 1310. The third-order valence-corrected chi connectivity index (χ3v) is 7.33. The van der Waals surface area contributed by atoms with Crippen molar-refractivity contribution >= 4 is 23.7 Å². The Morgan fingerprint density at radius 2 is 1.92 bits per heavy atom. The first-order valence-corrected chi connectivity index (χ1v) is 11.8. The van der Waals surface area contributed by atoms with E-state index in [4.69, 9.17) is 11.5 Å². The average molecular weight is 508 g/mol. The minimum Gasteiger partial charge on any atom is -0.370 e. The summed E-state index contributed by atoms with van der Waals surface area (Å²) < 4.78 is 0. The largest absolute Gasteiger partial charge is 0.370 e. The molecule has 37 heavy (non-hydrogen) atoms. The highest BCUT2D eigenvalue weighted by Crippen LogP contribution is 2.44. The number of aliphatic hydroxyl groups is 2. The molecule has 2 aromatic rings. The maximum absolute atomic E-state index is 13.1. The highest BCUT2D eigenvalue weighted by molar-refractivity contribution is 5.96. The molecule has 9 N–H and O–H groups in total. The second-order valence-electron chi connectivity index (χ2n) is 9.44. The van der Waals surface area contributed by atoms with Gasteiger partial charge in [0, 0.05) is 24.8 Å². The molecule has 5 rings (SSSR count). The van der Waals surface area contributed by atoms with E-state index in [0.717, 1.165) is 11.1 Å². The van der Waals surface area contributed by atoms with E-state index < -0.39 is 41.4 Å². The molecule has 1 fully saturated rings. The van der Waals surface area contributed by atoms with Gasteiger partial charge in [-0.3, -0.25) is 14.6 Å². The summed E-state index contributed by atoms with van der Waals surface area (Å²) in [4.78, 5) is 40.0. The van der Waals surface area contributed by atoms with Crippen molar-refractivity contribution in [1.29, 1.82) is 0 Å². The standard InChI is InChI=1S/C24H29N9O4/c1-12-6-5-7-14(13(12)2)19(34)30-17-11-33-22(26)29-16(10-28-20(35)15-8-3-4-9-27-15)18-23(33,24(17,36)37)32-21(25)31-18/h3-9,16-18,36-37H,10-11H2,1-2H3,(H2,26,29)(H,28,35)(H,30,34)(H3,25,31,32)/t16-,17?,18-,23-/m0/s1. The molecule has 1 unspecified atom stereocenters. The molecule has 0 bridgehead atoms. The maximum atomic E-state index is 13.1. The van der Waals surface area contributed by atoms with Crippen molar-refractivity contribution in [2.24, 2.45) is 21.5 Å². The predicted molar refractivity (Wildman–Crippen MR) is 134 cm³/mol. The molecular weight excluding hydrogens is 478 g/mol. The number of aliphatic imine (C=N–C) groups is 2. The van der Waals surface area contributed by atoms with Gasteiger partial charge in [0.25, 0.3) is 11.8 Å². The molecule has 1 aromatic carbocycles. The number of nitrogens with one attached hydrogen (secondary N) is 3. The Hall–Kier alpha value is -4.23. The van der Waals surface area contributed by atoms with E-state index in [2.05, 4.69) is 30.9 Å². The molecule has 2 amide bonds. The fourth-order valence-corrected chi connectivity index (χ4v) is 5.27. The van der Waals surface area contributed by atoms with E-state index in [9.17, 15) is 19.8 Å². The summed E-state index contributed by atoms with van der Waals surface area (Å²) in [7, 11) is 0. The lowest BCUT2D eigenvalue weighted by atomic mass is 9.85. The van der Waals surface area contributed by atoms with Gasteiger partial charge < -0.3 is 42.5 Å². The smallest absolute Gasteiger partial charge is 0.269 e. The first-order valence-electron chi connectivity index (χ1n) is 11.8. The number of nitrogens with two attached hydrogens (primary N) is 2. The summed E-state index contributed by atoms with van der Waals surface area (Å²) in [5.41, 5.74) is 12.9. The van der Waals surface area contributed by atoms with Gasteiger partial charge in [0.2, 0.25) is 5.79 Å². The number of carbonyl (C=O) groups is 2. The Morgan fingerprint density at radius 1 is 1.14 bits per heavy atom.